The number of hydrogen-bond donors (Lipinski definition) is 0. The minimum Gasteiger partial charge on any atom is -0.449 e. The Kier molecular flexibility index (Phi) is 22.2. The molecule has 9 nitrogen and oxygen atoms in total. The fourth-order valence-corrected chi connectivity index (χ4v) is 12.5. The van der Waals surface area contributed by atoms with Gasteiger partial charge >= 0.3 is 0 Å². The summed E-state index contributed by atoms with van der Waals surface area (Å²) in [5, 5.41) is 3.97. The van der Waals surface area contributed by atoms with Gasteiger partial charge in [-0.15, -0.1) is 0 Å². The highest BCUT2D eigenvalue weighted by Crippen LogP contribution is 2.42. The lowest BCUT2D eigenvalue weighted by Crippen LogP contribution is -2.16. The zero-order valence-corrected chi connectivity index (χ0v) is 50.0. The van der Waals surface area contributed by atoms with Crippen LogP contribution in [0.4, 0.5) is 0 Å². The van der Waals surface area contributed by atoms with Crippen molar-refractivity contribution < 1.29 is 13.3 Å². The highest BCUT2D eigenvalue weighted by Gasteiger charge is 2.28. The molecule has 9 aromatic rings. The first kappa shape index (κ1) is 59.6. The zero-order chi connectivity index (χ0) is 56.4. The summed E-state index contributed by atoms with van der Waals surface area (Å²) in [6, 6.07) is 32.2. The van der Waals surface area contributed by atoms with E-state index in [1.807, 2.05) is 65.1 Å². The van der Waals surface area contributed by atoms with Gasteiger partial charge in [0.1, 0.15) is 18.8 Å². The number of aromatic nitrogens is 6. The van der Waals surface area contributed by atoms with Crippen LogP contribution in [0.25, 0.3) is 32.7 Å². The summed E-state index contributed by atoms with van der Waals surface area (Å²) in [6.45, 7) is 21.1. The van der Waals surface area contributed by atoms with E-state index in [2.05, 4.69) is 162 Å². The Morgan fingerprint density at radius 1 is 0.388 bits per heavy atom. The number of rotatable bonds is 13. The Balaban J connectivity index is 0.000000153. The van der Waals surface area contributed by atoms with Crippen molar-refractivity contribution in [3.63, 3.8) is 0 Å². The van der Waals surface area contributed by atoms with Crippen LogP contribution in [-0.2, 0) is 25.7 Å². The number of hydrogen-bond acceptors (Lipinski definition) is 9. The van der Waals surface area contributed by atoms with Gasteiger partial charge in [0, 0.05) is 54.0 Å². The monoisotopic (exact) mass is 1080 g/mol. The van der Waals surface area contributed by atoms with Gasteiger partial charge in [0.05, 0.1) is 33.6 Å². The van der Waals surface area contributed by atoms with Crippen LogP contribution < -0.4 is 0 Å². The largest absolute Gasteiger partial charge is 0.449 e. The van der Waals surface area contributed by atoms with Crippen LogP contribution in [0.2, 0.25) is 0 Å². The molecule has 0 saturated heterocycles. The molecule has 0 spiro atoms. The molecule has 9 heteroatoms. The van der Waals surface area contributed by atoms with E-state index in [1.54, 1.807) is 0 Å². The number of nitrogens with zero attached hydrogens (tertiary/aromatic N) is 6. The number of pyridine rings is 3. The van der Waals surface area contributed by atoms with Crippen molar-refractivity contribution in [1.82, 2.24) is 29.9 Å². The lowest BCUT2D eigenvalue weighted by Gasteiger charge is -2.28. The van der Waals surface area contributed by atoms with Gasteiger partial charge in [-0.3, -0.25) is 15.0 Å². The second kappa shape index (κ2) is 29.8. The Labute approximate surface area is 478 Å². The maximum Gasteiger partial charge on any atom is 0.194 e. The third-order valence-electron chi connectivity index (χ3n) is 16.8. The molecule has 80 heavy (non-hydrogen) atoms. The van der Waals surface area contributed by atoms with Gasteiger partial charge in [0.25, 0.3) is 0 Å². The second-order valence-corrected chi connectivity index (χ2v) is 23.5. The fourth-order valence-electron chi connectivity index (χ4n) is 12.5. The normalized spacial score (nSPS) is 20.1. The molecule has 0 aliphatic heterocycles. The average molecular weight is 1080 g/mol. The van der Waals surface area contributed by atoms with E-state index in [4.69, 9.17) is 13.3 Å². The predicted molar refractivity (Wildman–Crippen MR) is 329 cm³/mol. The average Bonchev–Trinajstić information content (AvgIpc) is 4.33. The predicted octanol–water partition coefficient (Wildman–Crippen LogP) is 19.7. The molecule has 3 saturated carbocycles. The molecule has 0 bridgehead atoms. The van der Waals surface area contributed by atoms with Crippen molar-refractivity contribution in [3.05, 3.63) is 180 Å². The zero-order valence-electron chi connectivity index (χ0n) is 50.0. The molecular formula is C71H92N6O3. The quantitative estimate of drug-likeness (QED) is 0.111. The maximum atomic E-state index is 5.72. The third kappa shape index (κ3) is 15.9. The molecule has 3 aliphatic carbocycles. The van der Waals surface area contributed by atoms with E-state index in [1.165, 1.54) is 110 Å². The molecule has 6 heterocycles. The van der Waals surface area contributed by atoms with Crippen LogP contribution in [0.5, 0.6) is 0 Å². The van der Waals surface area contributed by atoms with Crippen LogP contribution in [0, 0.1) is 23.7 Å². The third-order valence-corrected chi connectivity index (χ3v) is 16.8. The van der Waals surface area contributed by atoms with Crippen molar-refractivity contribution in [2.45, 2.75) is 202 Å². The maximum absolute atomic E-state index is 5.72. The Hall–Kier alpha value is -6.48. The van der Waals surface area contributed by atoms with E-state index in [-0.39, 0.29) is 0 Å². The number of para-hydroxylation sites is 3. The highest BCUT2D eigenvalue weighted by molar-refractivity contribution is 5.84. The summed E-state index contributed by atoms with van der Waals surface area (Å²) in [5.41, 5.74) is 11.0. The van der Waals surface area contributed by atoms with Gasteiger partial charge in [-0.1, -0.05) is 124 Å². The molecule has 0 radical (unpaired) electrons. The summed E-state index contributed by atoms with van der Waals surface area (Å²) in [4.78, 5) is 27.5. The first-order chi connectivity index (χ1) is 39.1. The van der Waals surface area contributed by atoms with Crippen LogP contribution in [0.3, 0.4) is 0 Å². The van der Waals surface area contributed by atoms with Crippen molar-refractivity contribution in [2.24, 2.45) is 23.7 Å². The molecule has 3 aliphatic rings. The van der Waals surface area contributed by atoms with E-state index >= 15 is 0 Å². The number of oxazole rings is 3. The van der Waals surface area contributed by atoms with E-state index in [0.29, 0.717) is 53.3 Å². The summed E-state index contributed by atoms with van der Waals surface area (Å²) in [6.07, 6.45) is 30.3. The molecule has 0 unspecified atom stereocenters. The first-order valence-electron chi connectivity index (χ1n) is 30.9. The molecule has 424 valence electrons. The molecule has 0 atom stereocenters. The molecule has 6 aromatic heterocycles. The molecule has 12 rings (SSSR count). The van der Waals surface area contributed by atoms with Crippen molar-refractivity contribution in [3.8, 4) is 0 Å². The summed E-state index contributed by atoms with van der Waals surface area (Å²) < 4.78 is 17.1. The van der Waals surface area contributed by atoms with E-state index in [0.717, 1.165) is 77.0 Å². The number of fused-ring (bicyclic) bond motifs is 3. The van der Waals surface area contributed by atoms with Gasteiger partial charge in [-0.2, -0.15) is 0 Å². The molecular weight excluding hydrogens is 985 g/mol. The fraction of sp³-hybridized carbons (Fsp3) is 0.493. The second-order valence-electron chi connectivity index (χ2n) is 23.5. The van der Waals surface area contributed by atoms with Crippen molar-refractivity contribution >= 4 is 32.7 Å². The van der Waals surface area contributed by atoms with Crippen molar-refractivity contribution in [2.75, 3.05) is 0 Å². The summed E-state index contributed by atoms with van der Waals surface area (Å²) in [5.74, 6) is 8.32. The lowest BCUT2D eigenvalue weighted by atomic mass is 9.77. The smallest absolute Gasteiger partial charge is 0.194 e. The first-order valence-corrected chi connectivity index (χ1v) is 30.9. The van der Waals surface area contributed by atoms with Gasteiger partial charge < -0.3 is 13.3 Å². The van der Waals surface area contributed by atoms with Gasteiger partial charge in [0.15, 0.2) is 17.7 Å². The topological polar surface area (TPSA) is 117 Å². The molecule has 0 amide bonds. The minimum atomic E-state index is 0.438. The lowest BCUT2D eigenvalue weighted by molar-refractivity contribution is 0.305. The van der Waals surface area contributed by atoms with Gasteiger partial charge in [0.2, 0.25) is 0 Å². The van der Waals surface area contributed by atoms with Gasteiger partial charge in [-0.05, 0) is 190 Å². The van der Waals surface area contributed by atoms with E-state index < -0.39 is 0 Å². The number of benzene rings is 3. The highest BCUT2D eigenvalue weighted by atomic mass is 16.3. The SMILES string of the molecule is CC.CC.CC(C)Cc1coc(CC2CCC(c3ccnc4ccccc34)CC2)n1.CC(C)c1coc(CC2CCC(c3ccnc4ccccc34)CC2)n1.CC(C)c1coc(CC2CCC(c3ccnc4ccccc34)CC2)n1. The summed E-state index contributed by atoms with van der Waals surface area (Å²) >= 11 is 0. The molecule has 3 aromatic carbocycles. The Morgan fingerprint density at radius 3 is 1.01 bits per heavy atom. The van der Waals surface area contributed by atoms with Crippen LogP contribution in [0.1, 0.15) is 227 Å². The van der Waals surface area contributed by atoms with Crippen molar-refractivity contribution in [1.29, 1.82) is 0 Å². The Morgan fingerprint density at radius 2 is 0.700 bits per heavy atom. The van der Waals surface area contributed by atoms with Crippen LogP contribution >= 0.6 is 0 Å². The standard InChI is InChI=1S/C23H28N2O.2C22H26N2O.2C2H6/c1-16(2)13-19-15-26-23(25-19)14-17-7-9-18(10-8-17)20-11-12-24-22-6-4-3-5-21(20)22;2*1-15(2)21-14-25-22(24-21)13-16-7-9-17(10-8-16)18-11-12-23-20-6-4-3-5-19(18)20;2*1-2/h3-6,11-12,15-18H,7-10,13-14H2,1-2H3;2*3-6,11-12,14-17H,7-10,13H2,1-2H3;2*1-2H3. The summed E-state index contributed by atoms with van der Waals surface area (Å²) in [7, 11) is 0. The van der Waals surface area contributed by atoms with E-state index in [9.17, 15) is 0 Å². The van der Waals surface area contributed by atoms with Crippen LogP contribution in [0.15, 0.2) is 142 Å². The Bertz CT molecular complexity index is 3070. The van der Waals surface area contributed by atoms with Gasteiger partial charge in [-0.25, -0.2) is 15.0 Å². The molecule has 3 fully saturated rings. The van der Waals surface area contributed by atoms with Crippen LogP contribution in [-0.4, -0.2) is 29.9 Å². The minimum absolute atomic E-state index is 0.438. The molecule has 0 N–H and O–H groups in total.